The molecule has 6 rings (SSSR count). The van der Waals surface area contributed by atoms with E-state index in [4.69, 9.17) is 0 Å². The van der Waals surface area contributed by atoms with Crippen LogP contribution in [0.1, 0.15) is 36.1 Å². The van der Waals surface area contributed by atoms with Gasteiger partial charge in [-0.1, -0.05) is 125 Å². The summed E-state index contributed by atoms with van der Waals surface area (Å²) in [5.41, 5.74) is 13.8. The molecule has 0 aliphatic heterocycles. The van der Waals surface area contributed by atoms with Gasteiger partial charge in [0.25, 0.3) is 0 Å². The van der Waals surface area contributed by atoms with Crippen molar-refractivity contribution in [3.05, 3.63) is 143 Å². The first-order valence-electron chi connectivity index (χ1n) is 12.1. The van der Waals surface area contributed by atoms with E-state index in [0.29, 0.717) is 0 Å². The lowest BCUT2D eigenvalue weighted by Gasteiger charge is -2.23. The molecule has 34 heavy (non-hydrogen) atoms. The van der Waals surface area contributed by atoms with Gasteiger partial charge in [-0.25, -0.2) is 0 Å². The van der Waals surface area contributed by atoms with Crippen molar-refractivity contribution in [2.24, 2.45) is 0 Å². The topological polar surface area (TPSA) is 0 Å². The molecule has 0 amide bonds. The van der Waals surface area contributed by atoms with Crippen molar-refractivity contribution >= 4 is 19.2 Å². The molecule has 2 radical (unpaired) electrons. The smallest absolute Gasteiger partial charge is 0.0649 e. The number of allylic oxidation sites excluding steroid dienone is 2. The van der Waals surface area contributed by atoms with Crippen LogP contribution in [0.5, 0.6) is 0 Å². The molecule has 0 saturated carbocycles. The van der Waals surface area contributed by atoms with Gasteiger partial charge in [-0.15, -0.1) is 0 Å². The fourth-order valence-electron chi connectivity index (χ4n) is 5.98. The van der Waals surface area contributed by atoms with Crippen LogP contribution in [0.15, 0.2) is 108 Å². The van der Waals surface area contributed by atoms with Crippen molar-refractivity contribution in [2.75, 3.05) is 0 Å². The molecule has 1 heteroatoms. The summed E-state index contributed by atoms with van der Waals surface area (Å²) in [6.45, 7) is 7.16. The summed E-state index contributed by atoms with van der Waals surface area (Å²) in [6.07, 6.45) is 4.80. The molecule has 4 aromatic rings. The van der Waals surface area contributed by atoms with E-state index in [-0.39, 0.29) is 0 Å². The van der Waals surface area contributed by atoms with Crippen LogP contribution in [0.2, 0.25) is 6.55 Å². The highest BCUT2D eigenvalue weighted by molar-refractivity contribution is 6.94. The Bertz CT molecular complexity index is 1340. The van der Waals surface area contributed by atoms with Crippen LogP contribution in [0, 0.1) is 12.8 Å². The van der Waals surface area contributed by atoms with Gasteiger partial charge in [0.05, 0.1) is 0 Å². The van der Waals surface area contributed by atoms with E-state index in [1.54, 1.807) is 10.4 Å². The summed E-state index contributed by atoms with van der Waals surface area (Å²) < 4.78 is 0. The molecule has 0 unspecified atom stereocenters. The third-order valence-electron chi connectivity index (χ3n) is 7.36. The first-order valence-corrected chi connectivity index (χ1v) is 14.4. The Morgan fingerprint density at radius 2 is 0.882 bits per heavy atom. The monoisotopic (exact) mass is 452 g/mol. The van der Waals surface area contributed by atoms with Crippen molar-refractivity contribution < 1.29 is 0 Å². The molecule has 164 valence electrons. The maximum atomic E-state index is 2.53. The zero-order valence-electron chi connectivity index (χ0n) is 20.0. The molecule has 0 N–H and O–H groups in total. The maximum absolute atomic E-state index is 2.53. The zero-order chi connectivity index (χ0) is 23.2. The lowest BCUT2D eigenvalue weighted by molar-refractivity contribution is 1.44. The Hall–Kier alpha value is -3.42. The first-order chi connectivity index (χ1) is 16.6. The standard InChI is InChI=1S/C33H28Si/c1-22-20-26-16-10-18-28(24-12-6-4-7-13-24)30(26)32(22)34(3)33-23(2)21-27-17-11-19-29(31(27)33)25-14-8-5-9-15-25/h4-21,34H,1-3H3. The fraction of sp³-hybridized carbons (Fsp3) is 0.0909. The average molecular weight is 453 g/mol. The lowest BCUT2D eigenvalue weighted by atomic mass is 9.97. The Morgan fingerprint density at radius 1 is 0.471 bits per heavy atom. The molecule has 0 aromatic heterocycles. The van der Waals surface area contributed by atoms with E-state index in [9.17, 15) is 0 Å². The van der Waals surface area contributed by atoms with Gasteiger partial charge >= 0.3 is 0 Å². The van der Waals surface area contributed by atoms with Crippen molar-refractivity contribution in [1.82, 2.24) is 0 Å². The van der Waals surface area contributed by atoms with E-state index >= 15 is 0 Å². The van der Waals surface area contributed by atoms with Gasteiger partial charge in [0.15, 0.2) is 0 Å². The maximum Gasteiger partial charge on any atom is 0.101 e. The van der Waals surface area contributed by atoms with Gasteiger partial charge in [-0.2, -0.15) is 0 Å². The summed E-state index contributed by atoms with van der Waals surface area (Å²) in [4.78, 5) is 0. The highest BCUT2D eigenvalue weighted by Gasteiger charge is 2.34. The predicted molar refractivity (Wildman–Crippen MR) is 149 cm³/mol. The number of fused-ring (bicyclic) bond motifs is 2. The second kappa shape index (κ2) is 8.41. The van der Waals surface area contributed by atoms with E-state index < -0.39 is 8.80 Å². The molecule has 0 atom stereocenters. The predicted octanol–water partition coefficient (Wildman–Crippen LogP) is 8.34. The normalized spacial score (nSPS) is 14.7. The van der Waals surface area contributed by atoms with Crippen LogP contribution in [-0.4, -0.2) is 8.80 Å². The molecule has 2 aliphatic rings. The molecule has 0 saturated heterocycles. The van der Waals surface area contributed by atoms with Gasteiger partial charge in [0.2, 0.25) is 0 Å². The van der Waals surface area contributed by atoms with Crippen LogP contribution < -0.4 is 0 Å². The molecular weight excluding hydrogens is 424 g/mol. The minimum absolute atomic E-state index is 1.30. The molecule has 2 aliphatic carbocycles. The van der Waals surface area contributed by atoms with Crippen LogP contribution in [-0.2, 0) is 0 Å². The number of hydrogen-bond donors (Lipinski definition) is 0. The Labute approximate surface area is 204 Å². The second-order valence-electron chi connectivity index (χ2n) is 9.48. The minimum atomic E-state index is -1.50. The fourth-order valence-corrected chi connectivity index (χ4v) is 9.31. The molecule has 0 fully saturated rings. The van der Waals surface area contributed by atoms with Crippen molar-refractivity contribution in [2.45, 2.75) is 20.4 Å². The number of hydrogen-bond acceptors (Lipinski definition) is 0. The third-order valence-corrected chi connectivity index (χ3v) is 10.6. The van der Waals surface area contributed by atoms with Gasteiger partial charge in [0.1, 0.15) is 8.80 Å². The summed E-state index contributed by atoms with van der Waals surface area (Å²) in [7, 11) is -1.50. The summed E-state index contributed by atoms with van der Waals surface area (Å²) >= 11 is 0. The minimum Gasteiger partial charge on any atom is -0.0649 e. The second-order valence-corrected chi connectivity index (χ2v) is 12.1. The summed E-state index contributed by atoms with van der Waals surface area (Å²) in [6, 6.07) is 35.3. The van der Waals surface area contributed by atoms with Gasteiger partial charge < -0.3 is 0 Å². The summed E-state index contributed by atoms with van der Waals surface area (Å²) in [5, 5.41) is 3.18. The largest absolute Gasteiger partial charge is 0.101 e. The molecule has 0 spiro atoms. The van der Waals surface area contributed by atoms with E-state index in [2.05, 4.69) is 130 Å². The van der Waals surface area contributed by atoms with Gasteiger partial charge in [0, 0.05) is 12.8 Å². The molecular formula is C33H28Si. The van der Waals surface area contributed by atoms with E-state index in [1.807, 2.05) is 0 Å². The van der Waals surface area contributed by atoms with E-state index in [0.717, 1.165) is 0 Å². The number of rotatable bonds is 4. The molecule has 0 bridgehead atoms. The van der Waals surface area contributed by atoms with Crippen LogP contribution in [0.25, 0.3) is 32.6 Å². The van der Waals surface area contributed by atoms with Crippen LogP contribution >= 0.6 is 0 Å². The quantitative estimate of drug-likeness (QED) is 0.273. The van der Waals surface area contributed by atoms with Gasteiger partial charge in [-0.05, 0) is 58.4 Å². The highest BCUT2D eigenvalue weighted by Crippen LogP contribution is 2.48. The molecule has 0 heterocycles. The van der Waals surface area contributed by atoms with Crippen molar-refractivity contribution in [3.8, 4) is 22.3 Å². The molecule has 0 nitrogen and oxygen atoms in total. The van der Waals surface area contributed by atoms with E-state index in [1.165, 1.54) is 55.7 Å². The Morgan fingerprint density at radius 3 is 1.29 bits per heavy atom. The van der Waals surface area contributed by atoms with Gasteiger partial charge in [-0.3, -0.25) is 0 Å². The highest BCUT2D eigenvalue weighted by atomic mass is 28.3. The SMILES string of the molecule is CC1=C([SiH](C)C2=C(C)[CH]c3cccc(-c4ccccc4)c32)c2c(cccc2-c2ccccc2)[CH]1. The number of benzene rings is 4. The van der Waals surface area contributed by atoms with Crippen LogP contribution in [0.4, 0.5) is 0 Å². The first kappa shape index (κ1) is 21.1. The van der Waals surface area contributed by atoms with Crippen LogP contribution in [0.3, 0.4) is 0 Å². The Balaban J connectivity index is 1.51. The van der Waals surface area contributed by atoms with Crippen molar-refractivity contribution in [1.29, 1.82) is 0 Å². The summed E-state index contributed by atoms with van der Waals surface area (Å²) in [5.74, 6) is 0. The van der Waals surface area contributed by atoms with Crippen molar-refractivity contribution in [3.63, 3.8) is 0 Å². The molecule has 4 aromatic carbocycles. The third kappa shape index (κ3) is 3.35. The zero-order valence-corrected chi connectivity index (χ0v) is 21.1. The Kier molecular flexibility index (Phi) is 5.23. The lowest BCUT2D eigenvalue weighted by Crippen LogP contribution is -2.16. The average Bonchev–Trinajstić information content (AvgIpc) is 3.39.